The smallest absolute Gasteiger partial charge is 0.295 e. The Morgan fingerprint density at radius 2 is 1.85 bits per heavy atom. The van der Waals surface area contributed by atoms with E-state index in [0.29, 0.717) is 29.2 Å². The van der Waals surface area contributed by atoms with E-state index in [1.54, 1.807) is 24.1 Å². The molecule has 1 saturated carbocycles. The third kappa shape index (κ3) is 3.59. The Labute approximate surface area is 198 Å². The maximum atomic E-state index is 13.4. The Morgan fingerprint density at radius 1 is 1.06 bits per heavy atom. The van der Waals surface area contributed by atoms with Gasteiger partial charge in [-0.15, -0.1) is 0 Å². The fourth-order valence-corrected chi connectivity index (χ4v) is 5.50. The highest BCUT2D eigenvalue weighted by Crippen LogP contribution is 2.48. The van der Waals surface area contributed by atoms with E-state index in [4.69, 9.17) is 14.2 Å². The molecule has 2 heterocycles. The Bertz CT molecular complexity index is 1160. The van der Waals surface area contributed by atoms with Crippen molar-refractivity contribution < 1.29 is 28.9 Å². The van der Waals surface area contributed by atoms with Crippen LogP contribution < -0.4 is 14.2 Å². The number of aliphatic hydroxyl groups is 1. The summed E-state index contributed by atoms with van der Waals surface area (Å²) in [4.78, 5) is 28.4. The molecule has 3 aliphatic rings. The molecule has 1 amide bonds. The third-order valence-electron chi connectivity index (χ3n) is 7.11. The van der Waals surface area contributed by atoms with E-state index in [1.807, 2.05) is 24.3 Å². The average Bonchev–Trinajstić information content (AvgIpc) is 3.49. The topological polar surface area (TPSA) is 85.3 Å². The molecular weight excluding hydrogens is 434 g/mol. The number of ketones is 1. The number of nitrogens with zero attached hydrogens (tertiary/aromatic N) is 1. The quantitative estimate of drug-likeness (QED) is 0.402. The number of Topliss-reactive ketones (excluding diaryl/α,β-unsaturated/α-hetero) is 1. The van der Waals surface area contributed by atoms with Crippen molar-refractivity contribution in [1.82, 2.24) is 4.90 Å². The molecule has 5 rings (SSSR count). The summed E-state index contributed by atoms with van der Waals surface area (Å²) in [5.41, 5.74) is 2.19. The molecule has 34 heavy (non-hydrogen) atoms. The van der Waals surface area contributed by atoms with Crippen LogP contribution in [0.25, 0.3) is 5.76 Å². The highest BCUT2D eigenvalue weighted by Gasteiger charge is 2.50. The minimum absolute atomic E-state index is 0.0698. The van der Waals surface area contributed by atoms with Crippen LogP contribution in [-0.2, 0) is 16.0 Å². The van der Waals surface area contributed by atoms with Gasteiger partial charge in [0.2, 0.25) is 0 Å². The van der Waals surface area contributed by atoms with Crippen LogP contribution in [0.15, 0.2) is 42.0 Å². The normalized spacial score (nSPS) is 21.9. The summed E-state index contributed by atoms with van der Waals surface area (Å²) in [6, 6.07) is 9.98. The fraction of sp³-hybridized carbons (Fsp3) is 0.407. The lowest BCUT2D eigenvalue weighted by Gasteiger charge is -2.31. The molecule has 0 radical (unpaired) electrons. The molecule has 0 aromatic heterocycles. The van der Waals surface area contributed by atoms with Gasteiger partial charge in [0.1, 0.15) is 11.5 Å². The highest BCUT2D eigenvalue weighted by atomic mass is 16.5. The van der Waals surface area contributed by atoms with Crippen LogP contribution in [0.1, 0.15) is 54.8 Å². The van der Waals surface area contributed by atoms with Gasteiger partial charge < -0.3 is 24.2 Å². The predicted molar refractivity (Wildman–Crippen MR) is 126 cm³/mol. The molecule has 1 aliphatic carbocycles. The van der Waals surface area contributed by atoms with Crippen LogP contribution in [0.4, 0.5) is 0 Å². The number of para-hydroxylation sites is 1. The molecule has 0 bridgehead atoms. The molecule has 178 valence electrons. The lowest BCUT2D eigenvalue weighted by molar-refractivity contribution is -0.141. The standard InChI is InChI=1S/C27H29NO6/c1-32-21-11-5-10-19(26(21)33-2)23-22(25(30)27(31)28(23)18-8-3-4-9-18)24(29)17-12-13-20-16(15-17)7-6-14-34-20/h5,10-13,15,18,23,29H,3-4,6-9,14H2,1-2H3/b24-22+. The van der Waals surface area contributed by atoms with Gasteiger partial charge in [0, 0.05) is 17.2 Å². The predicted octanol–water partition coefficient (Wildman–Crippen LogP) is 4.39. The number of aliphatic hydroxyl groups excluding tert-OH is 1. The van der Waals surface area contributed by atoms with Gasteiger partial charge >= 0.3 is 0 Å². The number of hydrogen-bond acceptors (Lipinski definition) is 6. The van der Waals surface area contributed by atoms with Gasteiger partial charge in [0.15, 0.2) is 11.5 Å². The van der Waals surface area contributed by atoms with E-state index in [2.05, 4.69) is 0 Å². The van der Waals surface area contributed by atoms with Crippen LogP contribution in [0.3, 0.4) is 0 Å². The highest BCUT2D eigenvalue weighted by molar-refractivity contribution is 6.46. The van der Waals surface area contributed by atoms with Crippen molar-refractivity contribution in [2.75, 3.05) is 20.8 Å². The first-order valence-corrected chi connectivity index (χ1v) is 11.8. The first-order valence-electron chi connectivity index (χ1n) is 11.8. The van der Waals surface area contributed by atoms with Crippen molar-refractivity contribution >= 4 is 17.4 Å². The molecule has 1 atom stereocenters. The van der Waals surface area contributed by atoms with Crippen molar-refractivity contribution in [2.24, 2.45) is 0 Å². The maximum Gasteiger partial charge on any atom is 0.295 e. The van der Waals surface area contributed by atoms with Crippen molar-refractivity contribution in [3.05, 3.63) is 58.7 Å². The Morgan fingerprint density at radius 3 is 2.59 bits per heavy atom. The van der Waals surface area contributed by atoms with Crippen LogP contribution in [0, 0.1) is 0 Å². The monoisotopic (exact) mass is 463 g/mol. The zero-order valence-electron chi connectivity index (χ0n) is 19.5. The fourth-order valence-electron chi connectivity index (χ4n) is 5.50. The summed E-state index contributed by atoms with van der Waals surface area (Å²) in [6.45, 7) is 0.667. The number of amides is 1. The van der Waals surface area contributed by atoms with Gasteiger partial charge in [0.05, 0.1) is 32.4 Å². The van der Waals surface area contributed by atoms with Gasteiger partial charge in [-0.2, -0.15) is 0 Å². The second-order valence-electron chi connectivity index (χ2n) is 9.00. The number of benzene rings is 2. The zero-order valence-corrected chi connectivity index (χ0v) is 19.5. The van der Waals surface area contributed by atoms with Crippen molar-refractivity contribution in [3.63, 3.8) is 0 Å². The van der Waals surface area contributed by atoms with Crippen molar-refractivity contribution in [2.45, 2.75) is 50.6 Å². The molecule has 1 unspecified atom stereocenters. The number of hydrogen-bond donors (Lipinski definition) is 1. The minimum atomic E-state index is -0.763. The molecule has 2 aromatic rings. The molecule has 2 aromatic carbocycles. The number of carbonyl (C=O) groups is 2. The van der Waals surface area contributed by atoms with E-state index < -0.39 is 17.7 Å². The van der Waals surface area contributed by atoms with E-state index in [0.717, 1.165) is 49.8 Å². The number of rotatable bonds is 5. The van der Waals surface area contributed by atoms with Crippen molar-refractivity contribution in [1.29, 1.82) is 0 Å². The molecule has 7 nitrogen and oxygen atoms in total. The molecular formula is C27H29NO6. The number of aryl methyl sites for hydroxylation is 1. The van der Waals surface area contributed by atoms with Gasteiger partial charge in [-0.05, 0) is 55.5 Å². The van der Waals surface area contributed by atoms with E-state index in [1.165, 1.54) is 7.11 Å². The third-order valence-corrected chi connectivity index (χ3v) is 7.11. The summed E-state index contributed by atoms with van der Waals surface area (Å²) >= 11 is 0. The average molecular weight is 464 g/mol. The number of methoxy groups -OCH3 is 2. The first kappa shape index (κ1) is 22.3. The molecule has 1 saturated heterocycles. The van der Waals surface area contributed by atoms with Gasteiger partial charge in [0.25, 0.3) is 11.7 Å². The lowest BCUT2D eigenvalue weighted by atomic mass is 9.92. The number of fused-ring (bicyclic) bond motifs is 1. The Hall–Kier alpha value is -3.48. The molecule has 0 spiro atoms. The van der Waals surface area contributed by atoms with Gasteiger partial charge in [-0.25, -0.2) is 0 Å². The van der Waals surface area contributed by atoms with E-state index in [-0.39, 0.29) is 17.4 Å². The SMILES string of the molecule is COc1cccc(C2/C(=C(\O)c3ccc4c(c3)CCCO4)C(=O)C(=O)N2C2CCCC2)c1OC. The Balaban J connectivity index is 1.70. The lowest BCUT2D eigenvalue weighted by Crippen LogP contribution is -2.37. The molecule has 2 aliphatic heterocycles. The minimum Gasteiger partial charge on any atom is -0.507 e. The van der Waals surface area contributed by atoms with Gasteiger partial charge in [-0.1, -0.05) is 25.0 Å². The van der Waals surface area contributed by atoms with Gasteiger partial charge in [-0.3, -0.25) is 9.59 Å². The molecule has 1 N–H and O–H groups in total. The second kappa shape index (κ2) is 9.05. The summed E-state index contributed by atoms with van der Waals surface area (Å²) in [5.74, 6) is 0.313. The summed E-state index contributed by atoms with van der Waals surface area (Å²) in [7, 11) is 3.08. The van der Waals surface area contributed by atoms with Crippen LogP contribution in [0.2, 0.25) is 0 Å². The van der Waals surface area contributed by atoms with Crippen LogP contribution >= 0.6 is 0 Å². The largest absolute Gasteiger partial charge is 0.507 e. The van der Waals surface area contributed by atoms with Crippen molar-refractivity contribution in [3.8, 4) is 17.2 Å². The summed E-state index contributed by atoms with van der Waals surface area (Å²) < 4.78 is 16.9. The number of carbonyl (C=O) groups excluding carboxylic acids is 2. The van der Waals surface area contributed by atoms with E-state index >= 15 is 0 Å². The van der Waals surface area contributed by atoms with Crippen LogP contribution in [0.5, 0.6) is 17.2 Å². The second-order valence-corrected chi connectivity index (χ2v) is 9.00. The number of likely N-dealkylation sites (tertiary alicyclic amines) is 1. The summed E-state index contributed by atoms with van der Waals surface area (Å²) in [5, 5.41) is 11.5. The molecule has 7 heteroatoms. The molecule has 2 fully saturated rings. The number of ether oxygens (including phenoxy) is 3. The zero-order chi connectivity index (χ0) is 23.8. The van der Waals surface area contributed by atoms with Crippen LogP contribution in [-0.4, -0.2) is 48.6 Å². The van der Waals surface area contributed by atoms with E-state index in [9.17, 15) is 14.7 Å². The first-order chi connectivity index (χ1) is 16.5. The maximum absolute atomic E-state index is 13.4. The Kier molecular flexibility index (Phi) is 5.94. The summed E-state index contributed by atoms with van der Waals surface area (Å²) in [6.07, 6.45) is 5.38.